The van der Waals surface area contributed by atoms with Crippen molar-refractivity contribution in [3.63, 3.8) is 0 Å². The summed E-state index contributed by atoms with van der Waals surface area (Å²) in [5.74, 6) is 0.227. The van der Waals surface area contributed by atoms with Crippen molar-refractivity contribution in [2.24, 2.45) is 4.99 Å². The molecule has 0 amide bonds. The van der Waals surface area contributed by atoms with Crippen LogP contribution in [0.1, 0.15) is 11.1 Å². The summed E-state index contributed by atoms with van der Waals surface area (Å²) < 4.78 is 28.8. The van der Waals surface area contributed by atoms with E-state index < -0.39 is 5.97 Å². The number of hydrogen-bond donors (Lipinski definition) is 0. The maximum Gasteiger partial charge on any atom is 0.363 e. The Morgan fingerprint density at radius 3 is 2.58 bits per heavy atom. The third kappa shape index (κ3) is 3.12. The first-order valence-corrected chi connectivity index (χ1v) is 7.11. The van der Waals surface area contributed by atoms with Crippen LogP contribution >= 0.6 is 0 Å². The summed E-state index contributed by atoms with van der Waals surface area (Å²) in [4.78, 5) is 16.2. The highest BCUT2D eigenvalue weighted by Crippen LogP contribution is 2.29. The van der Waals surface area contributed by atoms with Gasteiger partial charge < -0.3 is 14.2 Å². The lowest BCUT2D eigenvalue weighted by Gasteiger charge is -2.08. The van der Waals surface area contributed by atoms with E-state index in [1.54, 1.807) is 30.3 Å². The zero-order valence-corrected chi connectivity index (χ0v) is 13.1. The fourth-order valence-corrected chi connectivity index (χ4v) is 2.26. The predicted molar refractivity (Wildman–Crippen MR) is 86.6 cm³/mol. The second-order valence-electron chi connectivity index (χ2n) is 4.96. The molecule has 122 valence electrons. The molecule has 0 saturated heterocycles. The van der Waals surface area contributed by atoms with E-state index >= 15 is 0 Å². The fourth-order valence-electron chi connectivity index (χ4n) is 2.26. The zero-order chi connectivity index (χ0) is 17.1. The van der Waals surface area contributed by atoms with Crippen molar-refractivity contribution in [1.82, 2.24) is 0 Å². The van der Waals surface area contributed by atoms with Gasteiger partial charge in [0.25, 0.3) is 0 Å². The van der Waals surface area contributed by atoms with Crippen LogP contribution in [0.25, 0.3) is 6.08 Å². The van der Waals surface area contributed by atoms with Gasteiger partial charge in [0.1, 0.15) is 5.82 Å². The van der Waals surface area contributed by atoms with Crippen LogP contribution in [0.5, 0.6) is 11.5 Å². The zero-order valence-electron chi connectivity index (χ0n) is 13.1. The standard InChI is InChI=1S/C18H14FNO4/c1-22-15-7-6-12(10-16(15)23-2)17-20-14(18(21)24-17)9-11-4-3-5-13(19)8-11/h3-10H,1-2H3/b14-9-. The Hall–Kier alpha value is -3.15. The Labute approximate surface area is 138 Å². The number of methoxy groups -OCH3 is 2. The fraction of sp³-hybridized carbons (Fsp3) is 0.111. The van der Waals surface area contributed by atoms with E-state index in [4.69, 9.17) is 14.2 Å². The molecule has 6 heteroatoms. The van der Waals surface area contributed by atoms with Gasteiger partial charge in [-0.05, 0) is 42.0 Å². The van der Waals surface area contributed by atoms with E-state index in [1.165, 1.54) is 32.4 Å². The summed E-state index contributed by atoms with van der Waals surface area (Å²) in [7, 11) is 3.05. The number of carbonyl (C=O) groups is 1. The Morgan fingerprint density at radius 1 is 1.08 bits per heavy atom. The molecule has 0 N–H and O–H groups in total. The van der Waals surface area contributed by atoms with E-state index in [1.807, 2.05) is 0 Å². The summed E-state index contributed by atoms with van der Waals surface area (Å²) in [6.45, 7) is 0. The van der Waals surface area contributed by atoms with Gasteiger partial charge in [0.2, 0.25) is 5.90 Å². The smallest absolute Gasteiger partial charge is 0.363 e. The molecular weight excluding hydrogens is 313 g/mol. The first kappa shape index (κ1) is 15.7. The summed E-state index contributed by atoms with van der Waals surface area (Å²) in [6, 6.07) is 10.9. The molecule has 0 aromatic heterocycles. The molecule has 2 aromatic carbocycles. The summed E-state index contributed by atoms with van der Waals surface area (Å²) >= 11 is 0. The van der Waals surface area contributed by atoms with Crippen LogP contribution in [0.2, 0.25) is 0 Å². The van der Waals surface area contributed by atoms with Crippen LogP contribution < -0.4 is 9.47 Å². The second-order valence-corrected chi connectivity index (χ2v) is 4.96. The minimum atomic E-state index is -0.593. The lowest BCUT2D eigenvalue weighted by atomic mass is 10.2. The lowest BCUT2D eigenvalue weighted by Crippen LogP contribution is -2.06. The molecule has 0 bridgehead atoms. The number of nitrogens with zero attached hydrogens (tertiary/aromatic N) is 1. The Bertz CT molecular complexity index is 858. The highest BCUT2D eigenvalue weighted by atomic mass is 19.1. The molecule has 0 radical (unpaired) electrons. The van der Waals surface area contributed by atoms with Crippen molar-refractivity contribution in [3.05, 3.63) is 65.1 Å². The van der Waals surface area contributed by atoms with Crippen LogP contribution in [0.4, 0.5) is 4.39 Å². The molecule has 0 spiro atoms. The number of esters is 1. The normalized spacial score (nSPS) is 15.2. The van der Waals surface area contributed by atoms with Gasteiger partial charge in [-0.2, -0.15) is 0 Å². The van der Waals surface area contributed by atoms with Crippen molar-refractivity contribution in [1.29, 1.82) is 0 Å². The average Bonchev–Trinajstić information content (AvgIpc) is 2.95. The van der Waals surface area contributed by atoms with E-state index in [0.717, 1.165) is 0 Å². The van der Waals surface area contributed by atoms with Gasteiger partial charge in [-0.25, -0.2) is 14.2 Å². The number of ether oxygens (including phenoxy) is 3. The molecule has 1 heterocycles. The molecule has 1 aliphatic rings. The van der Waals surface area contributed by atoms with Crippen LogP contribution in [-0.4, -0.2) is 26.1 Å². The van der Waals surface area contributed by atoms with Crippen LogP contribution in [0, 0.1) is 5.82 Å². The number of carbonyl (C=O) groups excluding carboxylic acids is 1. The van der Waals surface area contributed by atoms with E-state index in [2.05, 4.69) is 4.99 Å². The molecule has 2 aromatic rings. The quantitative estimate of drug-likeness (QED) is 0.639. The van der Waals surface area contributed by atoms with Gasteiger partial charge in [0.05, 0.1) is 14.2 Å². The van der Waals surface area contributed by atoms with Crippen LogP contribution in [0.15, 0.2) is 53.2 Å². The van der Waals surface area contributed by atoms with E-state index in [-0.39, 0.29) is 17.4 Å². The first-order chi connectivity index (χ1) is 11.6. The lowest BCUT2D eigenvalue weighted by molar-refractivity contribution is -0.129. The molecule has 0 saturated carbocycles. The minimum Gasteiger partial charge on any atom is -0.493 e. The summed E-state index contributed by atoms with van der Waals surface area (Å²) in [5.41, 5.74) is 1.20. The molecule has 1 aliphatic heterocycles. The summed E-state index contributed by atoms with van der Waals surface area (Å²) in [5, 5.41) is 0. The summed E-state index contributed by atoms with van der Waals surface area (Å²) in [6.07, 6.45) is 1.47. The van der Waals surface area contributed by atoms with Crippen molar-refractivity contribution in [2.75, 3.05) is 14.2 Å². The number of cyclic esters (lactones) is 1. The third-order valence-corrected chi connectivity index (χ3v) is 3.40. The predicted octanol–water partition coefficient (Wildman–Crippen LogP) is 3.19. The van der Waals surface area contributed by atoms with Gasteiger partial charge in [0, 0.05) is 5.56 Å². The van der Waals surface area contributed by atoms with Crippen molar-refractivity contribution < 1.29 is 23.4 Å². The number of aliphatic imine (C=N–C) groups is 1. The van der Waals surface area contributed by atoms with Gasteiger partial charge in [0.15, 0.2) is 17.2 Å². The van der Waals surface area contributed by atoms with Gasteiger partial charge in [-0.3, -0.25) is 0 Å². The Morgan fingerprint density at radius 2 is 1.88 bits per heavy atom. The minimum absolute atomic E-state index is 0.102. The topological polar surface area (TPSA) is 57.1 Å². The highest BCUT2D eigenvalue weighted by Gasteiger charge is 2.25. The van der Waals surface area contributed by atoms with E-state index in [9.17, 15) is 9.18 Å². The van der Waals surface area contributed by atoms with Crippen molar-refractivity contribution >= 4 is 17.9 Å². The van der Waals surface area contributed by atoms with Crippen LogP contribution in [-0.2, 0) is 9.53 Å². The maximum atomic E-state index is 13.2. The molecule has 24 heavy (non-hydrogen) atoms. The molecule has 0 unspecified atom stereocenters. The number of rotatable bonds is 4. The molecule has 0 aliphatic carbocycles. The molecular formula is C18H14FNO4. The molecule has 0 fully saturated rings. The molecule has 3 rings (SSSR count). The SMILES string of the molecule is COc1ccc(C2=N/C(=C\c3cccc(F)c3)C(=O)O2)cc1OC. The molecule has 0 atom stereocenters. The van der Waals surface area contributed by atoms with E-state index in [0.29, 0.717) is 22.6 Å². The maximum absolute atomic E-state index is 13.2. The number of benzene rings is 2. The number of halogens is 1. The van der Waals surface area contributed by atoms with Gasteiger partial charge in [-0.1, -0.05) is 12.1 Å². The first-order valence-electron chi connectivity index (χ1n) is 7.11. The van der Waals surface area contributed by atoms with Gasteiger partial charge >= 0.3 is 5.97 Å². The Kier molecular flexibility index (Phi) is 4.29. The second kappa shape index (κ2) is 6.54. The Balaban J connectivity index is 1.94. The largest absolute Gasteiger partial charge is 0.493 e. The third-order valence-electron chi connectivity index (χ3n) is 3.40. The van der Waals surface area contributed by atoms with Crippen molar-refractivity contribution in [3.8, 4) is 11.5 Å². The molecule has 5 nitrogen and oxygen atoms in total. The van der Waals surface area contributed by atoms with Crippen molar-refractivity contribution in [2.45, 2.75) is 0 Å². The average molecular weight is 327 g/mol. The monoisotopic (exact) mass is 327 g/mol. The van der Waals surface area contributed by atoms with Gasteiger partial charge in [-0.15, -0.1) is 0 Å². The number of hydrogen-bond acceptors (Lipinski definition) is 5. The highest BCUT2D eigenvalue weighted by molar-refractivity contribution is 6.13. The van der Waals surface area contributed by atoms with Crippen LogP contribution in [0.3, 0.4) is 0 Å².